The van der Waals surface area contributed by atoms with E-state index in [0.717, 1.165) is 29.0 Å². The Morgan fingerprint density at radius 2 is 1.97 bits per heavy atom. The standard InChI is InChI=1S/C20H25FN2O5S/c1-29(25,26)23(14-19-5-3-11-28-19)15-20(24)22(13-18-4-2-10-27-18)12-16-6-8-17(21)9-7-16/h2,4,6-10,19H,3,5,11-15H2,1H3. The summed E-state index contributed by atoms with van der Waals surface area (Å²) in [5, 5.41) is 0. The second kappa shape index (κ2) is 9.51. The van der Waals surface area contributed by atoms with E-state index < -0.39 is 10.0 Å². The Morgan fingerprint density at radius 3 is 2.55 bits per heavy atom. The lowest BCUT2D eigenvalue weighted by Gasteiger charge is -2.27. The van der Waals surface area contributed by atoms with Crippen LogP contribution in [0.15, 0.2) is 47.1 Å². The van der Waals surface area contributed by atoms with Gasteiger partial charge in [-0.2, -0.15) is 4.31 Å². The van der Waals surface area contributed by atoms with Crippen molar-refractivity contribution in [1.82, 2.24) is 9.21 Å². The number of carbonyl (C=O) groups is 1. The number of furan rings is 1. The van der Waals surface area contributed by atoms with Crippen molar-refractivity contribution in [3.63, 3.8) is 0 Å². The number of hydrogen-bond acceptors (Lipinski definition) is 5. The lowest BCUT2D eigenvalue weighted by atomic mass is 10.2. The SMILES string of the molecule is CS(=O)(=O)N(CC(=O)N(Cc1ccc(F)cc1)Cc1ccco1)CC1CCCO1. The Morgan fingerprint density at radius 1 is 1.21 bits per heavy atom. The molecular formula is C20H25FN2O5S. The number of nitrogens with zero attached hydrogens (tertiary/aromatic N) is 2. The van der Waals surface area contributed by atoms with Gasteiger partial charge in [-0.05, 0) is 42.7 Å². The predicted molar refractivity (Wildman–Crippen MR) is 105 cm³/mol. The molecule has 0 radical (unpaired) electrons. The van der Waals surface area contributed by atoms with Crippen molar-refractivity contribution in [2.75, 3.05) is 26.0 Å². The minimum atomic E-state index is -3.59. The summed E-state index contributed by atoms with van der Waals surface area (Å²) >= 11 is 0. The summed E-state index contributed by atoms with van der Waals surface area (Å²) in [6.07, 6.45) is 4.05. The summed E-state index contributed by atoms with van der Waals surface area (Å²) in [4.78, 5) is 14.5. The van der Waals surface area contributed by atoms with E-state index in [1.165, 1.54) is 23.3 Å². The van der Waals surface area contributed by atoms with Crippen LogP contribution in [0.4, 0.5) is 4.39 Å². The molecule has 0 N–H and O–H groups in total. The molecule has 0 bridgehead atoms. The first-order valence-electron chi connectivity index (χ1n) is 9.42. The first-order valence-corrected chi connectivity index (χ1v) is 11.3. The third kappa shape index (κ3) is 6.38. The molecule has 1 saturated heterocycles. The van der Waals surface area contributed by atoms with Crippen molar-refractivity contribution < 1.29 is 26.8 Å². The third-order valence-corrected chi connectivity index (χ3v) is 5.99. The highest BCUT2D eigenvalue weighted by molar-refractivity contribution is 7.88. The zero-order valence-corrected chi connectivity index (χ0v) is 17.1. The number of halogens is 1. The minimum absolute atomic E-state index is 0.149. The van der Waals surface area contributed by atoms with Gasteiger partial charge in [-0.15, -0.1) is 0 Å². The number of sulfonamides is 1. The van der Waals surface area contributed by atoms with Gasteiger partial charge in [0.15, 0.2) is 0 Å². The van der Waals surface area contributed by atoms with Crippen LogP contribution in [0, 0.1) is 5.82 Å². The van der Waals surface area contributed by atoms with Crippen LogP contribution in [0.3, 0.4) is 0 Å². The first kappa shape index (κ1) is 21.5. The van der Waals surface area contributed by atoms with E-state index in [9.17, 15) is 17.6 Å². The van der Waals surface area contributed by atoms with Crippen LogP contribution >= 0.6 is 0 Å². The average Bonchev–Trinajstić information content (AvgIpc) is 3.35. The van der Waals surface area contributed by atoms with Gasteiger partial charge >= 0.3 is 0 Å². The Labute approximate surface area is 170 Å². The predicted octanol–water partition coefficient (Wildman–Crippen LogP) is 2.39. The lowest BCUT2D eigenvalue weighted by molar-refractivity contribution is -0.133. The smallest absolute Gasteiger partial charge is 0.238 e. The molecule has 7 nitrogen and oxygen atoms in total. The largest absolute Gasteiger partial charge is 0.467 e. The van der Waals surface area contributed by atoms with E-state index in [4.69, 9.17) is 9.15 Å². The highest BCUT2D eigenvalue weighted by atomic mass is 32.2. The molecule has 0 aliphatic carbocycles. The summed E-state index contributed by atoms with van der Waals surface area (Å²) in [6, 6.07) is 9.30. The zero-order valence-electron chi connectivity index (χ0n) is 16.3. The van der Waals surface area contributed by atoms with Crippen LogP contribution in [0.1, 0.15) is 24.2 Å². The summed E-state index contributed by atoms with van der Waals surface area (Å²) < 4.78 is 49.7. The summed E-state index contributed by atoms with van der Waals surface area (Å²) in [7, 11) is -3.59. The topological polar surface area (TPSA) is 80.1 Å². The molecule has 1 atom stereocenters. The van der Waals surface area contributed by atoms with Gasteiger partial charge in [-0.25, -0.2) is 12.8 Å². The molecule has 2 heterocycles. The first-order chi connectivity index (χ1) is 13.8. The van der Waals surface area contributed by atoms with Gasteiger partial charge in [-0.3, -0.25) is 4.79 Å². The van der Waals surface area contributed by atoms with E-state index in [-0.39, 0.29) is 44.0 Å². The maximum atomic E-state index is 13.2. The molecule has 0 spiro atoms. The molecule has 1 fully saturated rings. The lowest BCUT2D eigenvalue weighted by Crippen LogP contribution is -2.44. The Kier molecular flexibility index (Phi) is 7.05. The molecule has 1 aliphatic heterocycles. The van der Waals surface area contributed by atoms with Crippen molar-refractivity contribution in [2.24, 2.45) is 0 Å². The fraction of sp³-hybridized carbons (Fsp3) is 0.450. The van der Waals surface area contributed by atoms with Crippen molar-refractivity contribution in [3.05, 3.63) is 59.8 Å². The number of carbonyl (C=O) groups excluding carboxylic acids is 1. The van der Waals surface area contributed by atoms with Crippen LogP contribution < -0.4 is 0 Å². The number of amides is 1. The van der Waals surface area contributed by atoms with Gasteiger partial charge in [0.1, 0.15) is 11.6 Å². The molecule has 1 aliphatic rings. The van der Waals surface area contributed by atoms with Gasteiger partial charge in [0, 0.05) is 19.7 Å². The van der Waals surface area contributed by atoms with Crippen molar-refractivity contribution in [2.45, 2.75) is 32.0 Å². The molecule has 2 aromatic rings. The molecular weight excluding hydrogens is 399 g/mol. The van der Waals surface area contributed by atoms with Crippen LogP contribution in [0.5, 0.6) is 0 Å². The van der Waals surface area contributed by atoms with Crippen molar-refractivity contribution in [1.29, 1.82) is 0 Å². The second-order valence-corrected chi connectivity index (χ2v) is 9.13. The van der Waals surface area contributed by atoms with Crippen LogP contribution in [0.25, 0.3) is 0 Å². The number of hydrogen-bond donors (Lipinski definition) is 0. The monoisotopic (exact) mass is 424 g/mol. The van der Waals surface area contributed by atoms with E-state index in [0.29, 0.717) is 12.4 Å². The van der Waals surface area contributed by atoms with Gasteiger partial charge < -0.3 is 14.1 Å². The van der Waals surface area contributed by atoms with Gasteiger partial charge in [0.25, 0.3) is 0 Å². The molecule has 9 heteroatoms. The fourth-order valence-corrected chi connectivity index (χ4v) is 4.00. The summed E-state index contributed by atoms with van der Waals surface area (Å²) in [5.41, 5.74) is 0.733. The minimum Gasteiger partial charge on any atom is -0.467 e. The van der Waals surface area contributed by atoms with E-state index >= 15 is 0 Å². The van der Waals surface area contributed by atoms with Crippen molar-refractivity contribution in [3.8, 4) is 0 Å². The van der Waals surface area contributed by atoms with Gasteiger partial charge in [0.2, 0.25) is 15.9 Å². The highest BCUT2D eigenvalue weighted by Gasteiger charge is 2.28. The van der Waals surface area contributed by atoms with Gasteiger partial charge in [-0.1, -0.05) is 12.1 Å². The molecule has 1 aromatic carbocycles. The van der Waals surface area contributed by atoms with Crippen molar-refractivity contribution >= 4 is 15.9 Å². The Balaban J connectivity index is 1.74. The van der Waals surface area contributed by atoms with E-state index in [1.807, 2.05) is 0 Å². The third-order valence-electron chi connectivity index (χ3n) is 4.78. The highest BCUT2D eigenvalue weighted by Crippen LogP contribution is 2.17. The molecule has 1 unspecified atom stereocenters. The zero-order chi connectivity index (χ0) is 20.9. The fourth-order valence-electron chi connectivity index (χ4n) is 3.22. The number of ether oxygens (including phenoxy) is 1. The quantitative estimate of drug-likeness (QED) is 0.618. The molecule has 1 amide bonds. The summed E-state index contributed by atoms with van der Waals surface area (Å²) in [6.45, 7) is 0.847. The molecule has 0 saturated carbocycles. The molecule has 158 valence electrons. The molecule has 29 heavy (non-hydrogen) atoms. The van der Waals surface area contributed by atoms with Crippen LogP contribution in [-0.2, 0) is 32.6 Å². The second-order valence-electron chi connectivity index (χ2n) is 7.15. The Hall–Kier alpha value is -2.23. The maximum Gasteiger partial charge on any atom is 0.238 e. The van der Waals surface area contributed by atoms with Crippen LogP contribution in [-0.4, -0.2) is 55.6 Å². The molecule has 3 rings (SSSR count). The van der Waals surface area contributed by atoms with Gasteiger partial charge in [0.05, 0.1) is 31.7 Å². The molecule has 1 aromatic heterocycles. The summed E-state index contributed by atoms with van der Waals surface area (Å²) in [5.74, 6) is -0.155. The number of benzene rings is 1. The van der Waals surface area contributed by atoms with E-state index in [1.54, 1.807) is 24.3 Å². The average molecular weight is 424 g/mol. The van der Waals surface area contributed by atoms with E-state index in [2.05, 4.69) is 0 Å². The van der Waals surface area contributed by atoms with Crippen LogP contribution in [0.2, 0.25) is 0 Å². The number of rotatable bonds is 9. The Bertz CT molecular complexity index is 893. The normalized spacial score (nSPS) is 17.0. The maximum absolute atomic E-state index is 13.2.